The highest BCUT2D eigenvalue weighted by Crippen LogP contribution is 2.27. The maximum Gasteiger partial charge on any atom is 0.317 e. The Hall–Kier alpha value is -2.93. The summed E-state index contributed by atoms with van der Waals surface area (Å²) in [6.45, 7) is 4.34. The Labute approximate surface area is 172 Å². The summed E-state index contributed by atoms with van der Waals surface area (Å²) in [6, 6.07) is 13.7. The molecule has 0 aromatic heterocycles. The van der Waals surface area contributed by atoms with Gasteiger partial charge in [-0.05, 0) is 23.8 Å². The highest BCUT2D eigenvalue weighted by molar-refractivity contribution is 5.74. The second-order valence-electron chi connectivity index (χ2n) is 6.92. The van der Waals surface area contributed by atoms with E-state index in [1.54, 1.807) is 21.3 Å². The Kier molecular flexibility index (Phi) is 7.19. The molecule has 2 amide bonds. The Morgan fingerprint density at radius 1 is 0.897 bits per heavy atom. The van der Waals surface area contributed by atoms with Crippen LogP contribution in [0.2, 0.25) is 0 Å². The van der Waals surface area contributed by atoms with Crippen molar-refractivity contribution >= 4 is 6.03 Å². The quantitative estimate of drug-likeness (QED) is 0.776. The molecule has 0 spiro atoms. The van der Waals surface area contributed by atoms with Gasteiger partial charge in [0.2, 0.25) is 0 Å². The van der Waals surface area contributed by atoms with Crippen molar-refractivity contribution in [3.63, 3.8) is 0 Å². The van der Waals surface area contributed by atoms with Crippen molar-refractivity contribution in [1.82, 2.24) is 15.1 Å². The molecule has 1 N–H and O–H groups in total. The molecule has 1 fully saturated rings. The minimum atomic E-state index is -0.0447. The average molecular weight is 399 g/mol. The zero-order valence-corrected chi connectivity index (χ0v) is 17.3. The number of hydrogen-bond acceptors (Lipinski definition) is 5. The predicted octanol–water partition coefficient (Wildman–Crippen LogP) is 2.74. The van der Waals surface area contributed by atoms with Crippen LogP contribution in [0.3, 0.4) is 0 Å². The molecule has 156 valence electrons. The van der Waals surface area contributed by atoms with Crippen molar-refractivity contribution in [2.24, 2.45) is 0 Å². The molecule has 0 atom stereocenters. The van der Waals surface area contributed by atoms with Crippen LogP contribution in [-0.4, -0.2) is 63.3 Å². The van der Waals surface area contributed by atoms with E-state index in [0.29, 0.717) is 31.1 Å². The Morgan fingerprint density at radius 3 is 2.28 bits per heavy atom. The number of ether oxygens (including phenoxy) is 3. The van der Waals surface area contributed by atoms with E-state index in [1.165, 1.54) is 5.56 Å². The number of piperazine rings is 1. The summed E-state index contributed by atoms with van der Waals surface area (Å²) in [5.74, 6) is 2.24. The van der Waals surface area contributed by atoms with Crippen LogP contribution in [0.5, 0.6) is 17.2 Å². The number of para-hydroxylation sites is 1. The third kappa shape index (κ3) is 5.32. The van der Waals surface area contributed by atoms with Crippen molar-refractivity contribution in [2.75, 3.05) is 47.5 Å². The smallest absolute Gasteiger partial charge is 0.317 e. The van der Waals surface area contributed by atoms with Crippen LogP contribution in [0, 0.1) is 0 Å². The number of benzene rings is 2. The molecular formula is C22H29N3O4. The van der Waals surface area contributed by atoms with Crippen LogP contribution < -0.4 is 19.5 Å². The first-order valence-electron chi connectivity index (χ1n) is 9.72. The fourth-order valence-corrected chi connectivity index (χ4v) is 3.46. The van der Waals surface area contributed by atoms with Gasteiger partial charge in [0.05, 0.1) is 21.3 Å². The largest absolute Gasteiger partial charge is 0.496 e. The first kappa shape index (κ1) is 20.8. The second kappa shape index (κ2) is 10.0. The van der Waals surface area contributed by atoms with Gasteiger partial charge < -0.3 is 24.4 Å². The highest BCUT2D eigenvalue weighted by atomic mass is 16.5. The van der Waals surface area contributed by atoms with E-state index < -0.39 is 0 Å². The number of nitrogens with zero attached hydrogens (tertiary/aromatic N) is 2. The molecule has 1 saturated heterocycles. The van der Waals surface area contributed by atoms with E-state index >= 15 is 0 Å². The van der Waals surface area contributed by atoms with Gasteiger partial charge in [0.25, 0.3) is 0 Å². The summed E-state index contributed by atoms with van der Waals surface area (Å²) in [4.78, 5) is 16.7. The van der Waals surface area contributed by atoms with Crippen molar-refractivity contribution < 1.29 is 19.0 Å². The molecule has 3 rings (SSSR count). The van der Waals surface area contributed by atoms with Gasteiger partial charge in [0, 0.05) is 44.8 Å². The summed E-state index contributed by atoms with van der Waals surface area (Å²) >= 11 is 0. The molecule has 29 heavy (non-hydrogen) atoms. The number of urea groups is 1. The normalized spacial score (nSPS) is 14.4. The molecule has 0 unspecified atom stereocenters. The number of carbonyl (C=O) groups excluding carboxylic acids is 1. The molecule has 0 aliphatic carbocycles. The fraction of sp³-hybridized carbons (Fsp3) is 0.409. The molecule has 7 nitrogen and oxygen atoms in total. The zero-order chi connectivity index (χ0) is 20.6. The molecule has 7 heteroatoms. The van der Waals surface area contributed by atoms with E-state index in [4.69, 9.17) is 14.2 Å². The molecule has 0 bridgehead atoms. The second-order valence-corrected chi connectivity index (χ2v) is 6.92. The maximum absolute atomic E-state index is 12.5. The third-order valence-electron chi connectivity index (χ3n) is 5.14. The summed E-state index contributed by atoms with van der Waals surface area (Å²) in [7, 11) is 4.90. The lowest BCUT2D eigenvalue weighted by Gasteiger charge is -2.35. The van der Waals surface area contributed by atoms with E-state index in [1.807, 2.05) is 41.3 Å². The first-order chi connectivity index (χ1) is 14.1. The van der Waals surface area contributed by atoms with Gasteiger partial charge in [-0.2, -0.15) is 0 Å². The monoisotopic (exact) mass is 399 g/mol. The molecule has 2 aromatic carbocycles. The highest BCUT2D eigenvalue weighted by Gasteiger charge is 2.21. The maximum atomic E-state index is 12.5. The van der Waals surface area contributed by atoms with Gasteiger partial charge in [-0.3, -0.25) is 4.90 Å². The van der Waals surface area contributed by atoms with Gasteiger partial charge in [-0.15, -0.1) is 0 Å². The van der Waals surface area contributed by atoms with E-state index in [2.05, 4.69) is 16.3 Å². The van der Waals surface area contributed by atoms with Gasteiger partial charge in [-0.25, -0.2) is 4.79 Å². The number of rotatable bonds is 7. The summed E-state index contributed by atoms with van der Waals surface area (Å²) in [6.07, 6.45) is 0. The average Bonchev–Trinajstić information content (AvgIpc) is 2.78. The predicted molar refractivity (Wildman–Crippen MR) is 112 cm³/mol. The van der Waals surface area contributed by atoms with Crippen LogP contribution in [0.1, 0.15) is 11.1 Å². The number of carbonyl (C=O) groups is 1. The minimum Gasteiger partial charge on any atom is -0.496 e. The number of nitrogens with one attached hydrogen (secondary N) is 1. The zero-order valence-electron chi connectivity index (χ0n) is 17.3. The molecule has 1 aliphatic rings. The van der Waals surface area contributed by atoms with E-state index in [-0.39, 0.29) is 6.03 Å². The van der Waals surface area contributed by atoms with Crippen molar-refractivity contribution in [3.05, 3.63) is 53.6 Å². The SMILES string of the molecule is COc1ccccc1CN1CCN(C(=O)NCc2ccc(OC)c(OC)c2)CC1. The van der Waals surface area contributed by atoms with Gasteiger partial charge in [0.15, 0.2) is 11.5 Å². The van der Waals surface area contributed by atoms with Crippen molar-refractivity contribution in [3.8, 4) is 17.2 Å². The minimum absolute atomic E-state index is 0.0447. The third-order valence-corrected chi connectivity index (χ3v) is 5.14. The topological polar surface area (TPSA) is 63.3 Å². The van der Waals surface area contributed by atoms with Crippen LogP contribution in [0.4, 0.5) is 4.79 Å². The standard InChI is InChI=1S/C22H29N3O4/c1-27-19-7-5-4-6-18(19)16-24-10-12-25(13-11-24)22(26)23-15-17-8-9-20(28-2)21(14-17)29-3/h4-9,14H,10-13,15-16H2,1-3H3,(H,23,26). The van der Waals surface area contributed by atoms with E-state index in [0.717, 1.165) is 30.9 Å². The Balaban J connectivity index is 1.47. The number of methoxy groups -OCH3 is 3. The lowest BCUT2D eigenvalue weighted by Crippen LogP contribution is -2.51. The number of amides is 2. The van der Waals surface area contributed by atoms with Gasteiger partial charge in [-0.1, -0.05) is 24.3 Å². The molecule has 0 saturated carbocycles. The summed E-state index contributed by atoms with van der Waals surface area (Å²) in [5.41, 5.74) is 2.13. The van der Waals surface area contributed by atoms with Gasteiger partial charge >= 0.3 is 6.03 Å². The van der Waals surface area contributed by atoms with Crippen LogP contribution >= 0.6 is 0 Å². The van der Waals surface area contributed by atoms with E-state index in [9.17, 15) is 4.79 Å². The van der Waals surface area contributed by atoms with Gasteiger partial charge in [0.1, 0.15) is 5.75 Å². The summed E-state index contributed by atoms with van der Waals surface area (Å²) < 4.78 is 16.0. The Morgan fingerprint density at radius 2 is 1.59 bits per heavy atom. The molecule has 0 radical (unpaired) electrons. The van der Waals surface area contributed by atoms with Crippen molar-refractivity contribution in [1.29, 1.82) is 0 Å². The van der Waals surface area contributed by atoms with Crippen molar-refractivity contribution in [2.45, 2.75) is 13.1 Å². The molecule has 1 aliphatic heterocycles. The molecule has 1 heterocycles. The van der Waals surface area contributed by atoms with Crippen LogP contribution in [0.15, 0.2) is 42.5 Å². The molecular weight excluding hydrogens is 370 g/mol. The van der Waals surface area contributed by atoms with Crippen LogP contribution in [-0.2, 0) is 13.1 Å². The lowest BCUT2D eigenvalue weighted by molar-refractivity contribution is 0.134. The van der Waals surface area contributed by atoms with Crippen LogP contribution in [0.25, 0.3) is 0 Å². The number of hydrogen-bond donors (Lipinski definition) is 1. The summed E-state index contributed by atoms with van der Waals surface area (Å²) in [5, 5.41) is 2.99. The Bertz CT molecular complexity index is 819. The lowest BCUT2D eigenvalue weighted by atomic mass is 10.1. The molecule has 2 aromatic rings. The first-order valence-corrected chi connectivity index (χ1v) is 9.72. The fourth-order valence-electron chi connectivity index (χ4n) is 3.46.